The molecule has 26 heavy (non-hydrogen) atoms. The van der Waals surface area contributed by atoms with Crippen LogP contribution in [0.25, 0.3) is 0 Å². The summed E-state index contributed by atoms with van der Waals surface area (Å²) in [5.74, 6) is -2.70. The molecule has 0 aliphatic rings. The van der Waals surface area contributed by atoms with E-state index >= 15 is 0 Å². The lowest BCUT2D eigenvalue weighted by molar-refractivity contribution is -0.385. The van der Waals surface area contributed by atoms with Gasteiger partial charge in [-0.15, -0.1) is 0 Å². The molecule has 0 atom stereocenters. The zero-order valence-electron chi connectivity index (χ0n) is 12.9. The zero-order chi connectivity index (χ0) is 19.1. The third-order valence-corrected chi connectivity index (χ3v) is 2.90. The van der Waals surface area contributed by atoms with Crippen molar-refractivity contribution in [1.82, 2.24) is 0 Å². The molecule has 0 unspecified atom stereocenters. The minimum Gasteiger partial charge on any atom is -0.416 e. The van der Waals surface area contributed by atoms with Crippen molar-refractivity contribution in [3.63, 3.8) is 0 Å². The van der Waals surface area contributed by atoms with Gasteiger partial charge in [-0.1, -0.05) is 24.3 Å². The van der Waals surface area contributed by atoms with Gasteiger partial charge in [-0.25, -0.2) is 9.59 Å². The van der Waals surface area contributed by atoms with Crippen LogP contribution in [0, 0.1) is 20.2 Å². The summed E-state index contributed by atoms with van der Waals surface area (Å²) in [6, 6.07) is 10.4. The van der Waals surface area contributed by atoms with Gasteiger partial charge in [-0.05, 0) is 12.1 Å². The standard InChI is InChI=1S/C16H10N2O8/c19-15(25-13-7-3-1-5-11(13)17(21)22)9-10-16(20)26-14-8-4-2-6-12(14)18(23)24/h1-10H/b10-9+. The van der Waals surface area contributed by atoms with Crippen molar-refractivity contribution in [2.75, 3.05) is 0 Å². The molecule has 0 saturated heterocycles. The Labute approximate surface area is 145 Å². The predicted octanol–water partition coefficient (Wildman–Crippen LogP) is 2.57. The summed E-state index contributed by atoms with van der Waals surface area (Å²) in [6.45, 7) is 0. The van der Waals surface area contributed by atoms with E-state index in [1.165, 1.54) is 36.4 Å². The fraction of sp³-hybridized carbons (Fsp3) is 0. The molecule has 2 aromatic carbocycles. The fourth-order valence-electron chi connectivity index (χ4n) is 1.81. The highest BCUT2D eigenvalue weighted by Gasteiger charge is 2.17. The van der Waals surface area contributed by atoms with Crippen molar-refractivity contribution < 1.29 is 28.9 Å². The van der Waals surface area contributed by atoms with Crippen molar-refractivity contribution in [3.8, 4) is 11.5 Å². The molecular formula is C16H10N2O8. The average molecular weight is 358 g/mol. The number of carbonyl (C=O) groups excluding carboxylic acids is 2. The number of nitrogens with zero attached hydrogens (tertiary/aromatic N) is 2. The van der Waals surface area contributed by atoms with Crippen molar-refractivity contribution in [2.24, 2.45) is 0 Å². The summed E-state index contributed by atoms with van der Waals surface area (Å²) >= 11 is 0. The first-order valence-corrected chi connectivity index (χ1v) is 6.97. The minimum atomic E-state index is -1.06. The fourth-order valence-corrected chi connectivity index (χ4v) is 1.81. The maximum absolute atomic E-state index is 11.7. The highest BCUT2D eigenvalue weighted by Crippen LogP contribution is 2.27. The Kier molecular flexibility index (Phi) is 5.72. The lowest BCUT2D eigenvalue weighted by Crippen LogP contribution is -2.09. The smallest absolute Gasteiger partial charge is 0.336 e. The summed E-state index contributed by atoms with van der Waals surface area (Å²) in [4.78, 5) is 43.5. The maximum Gasteiger partial charge on any atom is 0.336 e. The van der Waals surface area contributed by atoms with E-state index in [2.05, 4.69) is 0 Å². The molecule has 0 spiro atoms. The topological polar surface area (TPSA) is 139 Å². The van der Waals surface area contributed by atoms with E-state index in [0.29, 0.717) is 12.2 Å². The van der Waals surface area contributed by atoms with Crippen LogP contribution in [-0.4, -0.2) is 21.8 Å². The molecule has 2 rings (SSSR count). The Morgan fingerprint density at radius 2 is 1.08 bits per heavy atom. The molecule has 2 aromatic rings. The molecule has 0 aliphatic carbocycles. The van der Waals surface area contributed by atoms with Crippen LogP contribution < -0.4 is 9.47 Å². The van der Waals surface area contributed by atoms with Gasteiger partial charge < -0.3 is 9.47 Å². The van der Waals surface area contributed by atoms with Crippen LogP contribution in [0.2, 0.25) is 0 Å². The number of benzene rings is 2. The second-order valence-corrected chi connectivity index (χ2v) is 4.63. The number of esters is 2. The van der Waals surface area contributed by atoms with Crippen LogP contribution >= 0.6 is 0 Å². The second-order valence-electron chi connectivity index (χ2n) is 4.63. The van der Waals surface area contributed by atoms with Crippen molar-refractivity contribution in [3.05, 3.63) is 80.9 Å². The third-order valence-electron chi connectivity index (χ3n) is 2.90. The van der Waals surface area contributed by atoms with Gasteiger partial charge in [0.15, 0.2) is 0 Å². The van der Waals surface area contributed by atoms with E-state index in [1.807, 2.05) is 0 Å². The first-order valence-electron chi connectivity index (χ1n) is 6.97. The van der Waals surface area contributed by atoms with Gasteiger partial charge in [-0.2, -0.15) is 0 Å². The monoisotopic (exact) mass is 358 g/mol. The highest BCUT2D eigenvalue weighted by molar-refractivity contribution is 5.93. The molecule has 0 heterocycles. The minimum absolute atomic E-state index is 0.292. The van der Waals surface area contributed by atoms with E-state index < -0.39 is 33.2 Å². The SMILES string of the molecule is O=C(/C=C/C(=O)Oc1ccccc1[N+](=O)[O-])Oc1ccccc1[N+](=O)[O-]. The van der Waals surface area contributed by atoms with Gasteiger partial charge in [0, 0.05) is 24.3 Å². The van der Waals surface area contributed by atoms with Crippen LogP contribution in [0.5, 0.6) is 11.5 Å². The molecule has 10 heteroatoms. The Morgan fingerprint density at radius 3 is 1.42 bits per heavy atom. The van der Waals surface area contributed by atoms with Gasteiger partial charge >= 0.3 is 23.3 Å². The van der Waals surface area contributed by atoms with E-state index in [9.17, 15) is 29.8 Å². The number of para-hydroxylation sites is 4. The van der Waals surface area contributed by atoms with Gasteiger partial charge in [0.2, 0.25) is 11.5 Å². The van der Waals surface area contributed by atoms with Gasteiger partial charge in [0.1, 0.15) is 0 Å². The van der Waals surface area contributed by atoms with E-state index in [0.717, 1.165) is 12.1 Å². The largest absolute Gasteiger partial charge is 0.416 e. The number of hydrogen-bond donors (Lipinski definition) is 0. The molecule has 0 aliphatic heterocycles. The molecular weight excluding hydrogens is 348 g/mol. The van der Waals surface area contributed by atoms with Crippen molar-refractivity contribution in [2.45, 2.75) is 0 Å². The molecule has 10 nitrogen and oxygen atoms in total. The molecule has 0 aromatic heterocycles. The molecule has 0 radical (unpaired) electrons. The van der Waals surface area contributed by atoms with Gasteiger partial charge in [-0.3, -0.25) is 20.2 Å². The molecule has 0 amide bonds. The van der Waals surface area contributed by atoms with Crippen LogP contribution in [-0.2, 0) is 9.59 Å². The quantitative estimate of drug-likeness (QED) is 0.252. The maximum atomic E-state index is 11.7. The van der Waals surface area contributed by atoms with E-state index in [-0.39, 0.29) is 11.5 Å². The lowest BCUT2D eigenvalue weighted by Gasteiger charge is -2.03. The number of nitro groups is 2. The van der Waals surface area contributed by atoms with Gasteiger partial charge in [0.25, 0.3) is 0 Å². The number of ether oxygens (including phenoxy) is 2. The van der Waals surface area contributed by atoms with Gasteiger partial charge in [0.05, 0.1) is 9.85 Å². The normalized spacial score (nSPS) is 10.3. The summed E-state index contributed by atoms with van der Waals surface area (Å²) in [6.07, 6.45) is 1.38. The number of hydrogen-bond acceptors (Lipinski definition) is 8. The Balaban J connectivity index is 2.04. The van der Waals surface area contributed by atoms with E-state index in [1.54, 1.807) is 0 Å². The second kappa shape index (κ2) is 8.15. The number of carbonyl (C=O) groups is 2. The lowest BCUT2D eigenvalue weighted by atomic mass is 10.3. The number of nitro benzene ring substituents is 2. The average Bonchev–Trinajstić information content (AvgIpc) is 2.60. The van der Waals surface area contributed by atoms with Crippen LogP contribution in [0.4, 0.5) is 11.4 Å². The number of rotatable bonds is 6. The predicted molar refractivity (Wildman–Crippen MR) is 86.6 cm³/mol. The Hall–Kier alpha value is -4.08. The highest BCUT2D eigenvalue weighted by atomic mass is 16.6. The summed E-state index contributed by atoms with van der Waals surface area (Å²) in [7, 11) is 0. The van der Waals surface area contributed by atoms with Crippen LogP contribution in [0.1, 0.15) is 0 Å². The van der Waals surface area contributed by atoms with Crippen LogP contribution in [0.3, 0.4) is 0 Å². The summed E-state index contributed by atoms with van der Waals surface area (Å²) < 4.78 is 9.57. The Morgan fingerprint density at radius 1 is 0.731 bits per heavy atom. The summed E-state index contributed by atoms with van der Waals surface area (Å²) in [5.41, 5.74) is -0.839. The molecule has 0 saturated carbocycles. The third kappa shape index (κ3) is 4.71. The summed E-state index contributed by atoms with van der Waals surface area (Å²) in [5, 5.41) is 21.7. The van der Waals surface area contributed by atoms with E-state index in [4.69, 9.17) is 9.47 Å². The molecule has 0 bridgehead atoms. The molecule has 0 N–H and O–H groups in total. The first kappa shape index (κ1) is 18.3. The Bertz CT molecular complexity index is 833. The molecule has 132 valence electrons. The first-order chi connectivity index (χ1) is 12.4. The molecule has 0 fully saturated rings. The zero-order valence-corrected chi connectivity index (χ0v) is 12.9. The van der Waals surface area contributed by atoms with Crippen LogP contribution in [0.15, 0.2) is 60.7 Å². The van der Waals surface area contributed by atoms with Crippen molar-refractivity contribution in [1.29, 1.82) is 0 Å². The van der Waals surface area contributed by atoms with Crippen molar-refractivity contribution >= 4 is 23.3 Å².